The summed E-state index contributed by atoms with van der Waals surface area (Å²) in [5.41, 5.74) is 17.0. The molecule has 10 aromatic carbocycles. The van der Waals surface area contributed by atoms with Gasteiger partial charge in [-0.2, -0.15) is 0 Å². The normalized spacial score (nSPS) is 11.5. The molecule has 2 nitrogen and oxygen atoms in total. The van der Waals surface area contributed by atoms with Crippen LogP contribution in [0.5, 0.6) is 11.5 Å². The highest BCUT2D eigenvalue weighted by atomic mass is 16.5. The Kier molecular flexibility index (Phi) is 8.87. The Bertz CT molecular complexity index is 3140. The van der Waals surface area contributed by atoms with E-state index >= 15 is 0 Å². The highest BCUT2D eigenvalue weighted by Gasteiger charge is 2.24. The summed E-state index contributed by atoms with van der Waals surface area (Å²) in [7, 11) is 0. The van der Waals surface area contributed by atoms with E-state index in [2.05, 4.69) is 241 Å². The van der Waals surface area contributed by atoms with Gasteiger partial charge in [0.2, 0.25) is 0 Å². The monoisotopic (exact) mass is 765 g/mol. The molecule has 1 heterocycles. The number of anilines is 3. The van der Waals surface area contributed by atoms with Crippen LogP contribution in [-0.4, -0.2) is 0 Å². The van der Waals surface area contributed by atoms with Crippen molar-refractivity contribution in [3.63, 3.8) is 0 Å². The molecule has 0 N–H and O–H groups in total. The summed E-state index contributed by atoms with van der Waals surface area (Å²) >= 11 is 0. The van der Waals surface area contributed by atoms with E-state index in [9.17, 15) is 0 Å². The van der Waals surface area contributed by atoms with Gasteiger partial charge in [0.25, 0.3) is 0 Å². The number of nitrogens with zero attached hydrogens (tertiary/aromatic N) is 1. The predicted octanol–water partition coefficient (Wildman–Crippen LogP) is 16.4. The Morgan fingerprint density at radius 2 is 0.633 bits per heavy atom. The van der Waals surface area contributed by atoms with Crippen LogP contribution < -0.4 is 9.64 Å². The lowest BCUT2D eigenvalue weighted by atomic mass is 9.89. The average molecular weight is 766 g/mol. The van der Waals surface area contributed by atoms with Gasteiger partial charge in [-0.1, -0.05) is 176 Å². The first-order valence-electron chi connectivity index (χ1n) is 20.5. The molecule has 10 aromatic rings. The zero-order valence-electron chi connectivity index (χ0n) is 32.9. The Morgan fingerprint density at radius 1 is 0.233 bits per heavy atom. The minimum absolute atomic E-state index is 0.820. The van der Waals surface area contributed by atoms with Gasteiger partial charge in [0.05, 0.1) is 0 Å². The standard InChI is InChI=1S/C58H39NO/c1-4-12-40(13-5-1)44-20-22-46(23-21-44)48-27-33-53-54(37-48)56-39-52(32-35-58(56)60-57-34-28-49(38-55(53)57)42-16-8-3-9-17-42)59(51-31-26-43-18-10-11-19-47(43)36-51)50-29-24-45(25-30-50)41-14-6-2-7-15-41/h1-39H. The topological polar surface area (TPSA) is 12.5 Å². The van der Waals surface area contributed by atoms with Crippen LogP contribution in [0.15, 0.2) is 237 Å². The molecule has 0 aromatic heterocycles. The second-order valence-electron chi connectivity index (χ2n) is 15.3. The maximum Gasteiger partial charge on any atom is 0.135 e. The molecule has 0 unspecified atom stereocenters. The van der Waals surface area contributed by atoms with Crippen LogP contribution in [0.2, 0.25) is 0 Å². The maximum absolute atomic E-state index is 6.94. The van der Waals surface area contributed by atoms with Crippen molar-refractivity contribution >= 4 is 27.8 Å². The molecule has 0 aliphatic carbocycles. The summed E-state index contributed by atoms with van der Waals surface area (Å²) in [5, 5.41) is 2.40. The van der Waals surface area contributed by atoms with E-state index in [0.29, 0.717) is 0 Å². The maximum atomic E-state index is 6.94. The van der Waals surface area contributed by atoms with Gasteiger partial charge < -0.3 is 9.64 Å². The van der Waals surface area contributed by atoms with Crippen LogP contribution in [0.3, 0.4) is 0 Å². The van der Waals surface area contributed by atoms with Crippen LogP contribution in [0.25, 0.3) is 77.5 Å². The van der Waals surface area contributed by atoms with Gasteiger partial charge in [0, 0.05) is 28.2 Å². The highest BCUT2D eigenvalue weighted by Crippen LogP contribution is 2.51. The van der Waals surface area contributed by atoms with E-state index in [4.69, 9.17) is 4.74 Å². The molecule has 2 heteroatoms. The van der Waals surface area contributed by atoms with E-state index in [0.717, 1.165) is 67.5 Å². The molecule has 11 rings (SSSR count). The fraction of sp³-hybridized carbons (Fsp3) is 0. The van der Waals surface area contributed by atoms with E-state index in [1.165, 1.54) is 38.6 Å². The smallest absolute Gasteiger partial charge is 0.135 e. The zero-order chi connectivity index (χ0) is 39.8. The number of hydrogen-bond donors (Lipinski definition) is 0. The van der Waals surface area contributed by atoms with Gasteiger partial charge in [-0.3, -0.25) is 0 Å². The first-order chi connectivity index (χ1) is 29.7. The zero-order valence-corrected chi connectivity index (χ0v) is 32.9. The molecule has 1 aliphatic rings. The van der Waals surface area contributed by atoms with Crippen molar-refractivity contribution in [2.75, 3.05) is 4.90 Å². The van der Waals surface area contributed by atoms with Gasteiger partial charge in [-0.15, -0.1) is 0 Å². The number of benzene rings is 10. The second kappa shape index (κ2) is 15.1. The lowest BCUT2D eigenvalue weighted by Gasteiger charge is -2.27. The summed E-state index contributed by atoms with van der Waals surface area (Å²) in [4.78, 5) is 2.36. The molecule has 0 atom stereocenters. The van der Waals surface area contributed by atoms with Gasteiger partial charge in [-0.25, -0.2) is 0 Å². The van der Waals surface area contributed by atoms with Crippen molar-refractivity contribution < 1.29 is 4.74 Å². The van der Waals surface area contributed by atoms with Crippen molar-refractivity contribution in [1.82, 2.24) is 0 Å². The third-order valence-electron chi connectivity index (χ3n) is 11.7. The van der Waals surface area contributed by atoms with Crippen LogP contribution in [-0.2, 0) is 0 Å². The molecule has 1 aliphatic heterocycles. The van der Waals surface area contributed by atoms with Crippen molar-refractivity contribution in [2.45, 2.75) is 0 Å². The molecule has 282 valence electrons. The lowest BCUT2D eigenvalue weighted by Crippen LogP contribution is -2.10. The van der Waals surface area contributed by atoms with E-state index in [-0.39, 0.29) is 0 Å². The van der Waals surface area contributed by atoms with Crippen LogP contribution in [0.1, 0.15) is 0 Å². The fourth-order valence-electron chi connectivity index (χ4n) is 8.58. The quantitative estimate of drug-likeness (QED) is 0.160. The number of ether oxygens (including phenoxy) is 1. The van der Waals surface area contributed by atoms with Gasteiger partial charge >= 0.3 is 0 Å². The van der Waals surface area contributed by atoms with Crippen LogP contribution in [0.4, 0.5) is 17.1 Å². The molecule has 0 bridgehead atoms. The van der Waals surface area contributed by atoms with E-state index in [1.807, 2.05) is 0 Å². The SMILES string of the molecule is c1ccc(-c2ccc(-c3ccc4c(c3)-c3cc(N(c5ccc(-c6ccccc6)cc5)c5ccc6ccccc6c5)ccc3Oc3ccc(-c5ccccc5)cc3-4)cc2)cc1. The van der Waals surface area contributed by atoms with Gasteiger partial charge in [0.1, 0.15) is 11.5 Å². The lowest BCUT2D eigenvalue weighted by molar-refractivity contribution is 0.488. The largest absolute Gasteiger partial charge is 0.456 e. The van der Waals surface area contributed by atoms with Crippen LogP contribution in [0, 0.1) is 0 Å². The first-order valence-corrected chi connectivity index (χ1v) is 20.5. The van der Waals surface area contributed by atoms with Gasteiger partial charge in [-0.05, 0) is 127 Å². The summed E-state index contributed by atoms with van der Waals surface area (Å²) < 4.78 is 6.94. The van der Waals surface area contributed by atoms with Crippen LogP contribution >= 0.6 is 0 Å². The number of fused-ring (bicyclic) bond motifs is 6. The molecule has 0 fully saturated rings. The Morgan fingerprint density at radius 3 is 1.27 bits per heavy atom. The average Bonchev–Trinajstić information content (AvgIpc) is 3.46. The van der Waals surface area contributed by atoms with Crippen molar-refractivity contribution in [3.05, 3.63) is 237 Å². The molecule has 0 saturated carbocycles. The molecule has 60 heavy (non-hydrogen) atoms. The number of hydrogen-bond acceptors (Lipinski definition) is 2. The van der Waals surface area contributed by atoms with Gasteiger partial charge in [0.15, 0.2) is 0 Å². The minimum Gasteiger partial charge on any atom is -0.456 e. The third kappa shape index (κ3) is 6.61. The Hall–Kier alpha value is -7.94. The molecule has 0 spiro atoms. The Labute approximate surface area is 350 Å². The fourth-order valence-corrected chi connectivity index (χ4v) is 8.58. The highest BCUT2D eigenvalue weighted by molar-refractivity contribution is 5.97. The molecular formula is C58H39NO. The molecule has 0 radical (unpaired) electrons. The molecule has 0 saturated heterocycles. The molecule has 0 amide bonds. The van der Waals surface area contributed by atoms with E-state index < -0.39 is 0 Å². The predicted molar refractivity (Wildman–Crippen MR) is 251 cm³/mol. The summed E-state index contributed by atoms with van der Waals surface area (Å²) in [6, 6.07) is 84.8. The minimum atomic E-state index is 0.820. The van der Waals surface area contributed by atoms with Crippen molar-refractivity contribution in [2.24, 2.45) is 0 Å². The first kappa shape index (κ1) is 35.2. The van der Waals surface area contributed by atoms with Crippen molar-refractivity contribution in [1.29, 1.82) is 0 Å². The Balaban J connectivity index is 1.08. The third-order valence-corrected chi connectivity index (χ3v) is 11.7. The van der Waals surface area contributed by atoms with Crippen molar-refractivity contribution in [3.8, 4) is 78.3 Å². The molecular weight excluding hydrogens is 727 g/mol. The summed E-state index contributed by atoms with van der Waals surface area (Å²) in [5.74, 6) is 1.66. The van der Waals surface area contributed by atoms with E-state index in [1.54, 1.807) is 0 Å². The summed E-state index contributed by atoms with van der Waals surface area (Å²) in [6.45, 7) is 0. The summed E-state index contributed by atoms with van der Waals surface area (Å²) in [6.07, 6.45) is 0. The second-order valence-corrected chi connectivity index (χ2v) is 15.3. The number of rotatable bonds is 7.